The quantitative estimate of drug-likeness (QED) is 0.317. The molecule has 1 amide bonds. The zero-order valence-corrected chi connectivity index (χ0v) is 19.3. The molecule has 2 atom stereocenters. The van der Waals surface area contributed by atoms with Crippen LogP contribution in [0.5, 0.6) is 5.75 Å². The second-order valence-electron chi connectivity index (χ2n) is 8.72. The third kappa shape index (κ3) is 5.22. The van der Waals surface area contributed by atoms with Crippen molar-refractivity contribution in [3.8, 4) is 5.75 Å². The highest BCUT2D eigenvalue weighted by Gasteiger charge is 2.38. The fourth-order valence-corrected chi connectivity index (χ4v) is 3.81. The lowest BCUT2D eigenvalue weighted by atomic mass is 9.74. The Morgan fingerprint density at radius 1 is 1.30 bits per heavy atom. The second kappa shape index (κ2) is 9.48. The zero-order chi connectivity index (χ0) is 21.9. The molecule has 2 aromatic carbocycles. The number of carbonyl (C=O) groups excluding carboxylic acids is 1. The lowest BCUT2D eigenvalue weighted by Gasteiger charge is -2.25. The molecule has 1 aliphatic heterocycles. The van der Waals surface area contributed by atoms with E-state index in [2.05, 4.69) is 19.1 Å². The van der Waals surface area contributed by atoms with Crippen LogP contribution in [-0.2, 0) is 9.39 Å². The third-order valence-corrected chi connectivity index (χ3v) is 5.15. The fraction of sp³-hybridized carbons (Fsp3) is 0.522. The highest BCUT2D eigenvalue weighted by molar-refractivity contribution is 6.34. The molecule has 0 unspecified atom stereocenters. The summed E-state index contributed by atoms with van der Waals surface area (Å²) in [4.78, 5) is 14.7. The number of benzene rings is 2. The lowest BCUT2D eigenvalue weighted by Crippen LogP contribution is -2.36. The Balaban J connectivity index is 2.07. The van der Waals surface area contributed by atoms with E-state index in [-0.39, 0.29) is 11.9 Å². The summed E-state index contributed by atoms with van der Waals surface area (Å²) in [6.07, 6.45) is 1.67. The summed E-state index contributed by atoms with van der Waals surface area (Å²) >= 11 is 6.04. The molecule has 0 aliphatic carbocycles. The van der Waals surface area contributed by atoms with Gasteiger partial charge in [0, 0.05) is 23.8 Å². The number of halogens is 1. The molecule has 162 valence electrons. The summed E-state index contributed by atoms with van der Waals surface area (Å²) < 4.78 is 17.5. The number of amides is 1. The molecule has 0 bridgehead atoms. The number of unbranched alkanes of at least 4 members (excludes halogenated alkanes) is 1. The number of fused-ring (bicyclic) bond motifs is 3. The van der Waals surface area contributed by atoms with E-state index in [9.17, 15) is 4.79 Å². The van der Waals surface area contributed by atoms with Gasteiger partial charge in [-0.3, -0.25) is 4.90 Å². The van der Waals surface area contributed by atoms with Gasteiger partial charge in [-0.1, -0.05) is 49.2 Å². The molecule has 1 aliphatic rings. The predicted molar refractivity (Wildman–Crippen MR) is 124 cm³/mol. The smallest absolute Gasteiger partial charge is 0.414 e. The van der Waals surface area contributed by atoms with E-state index in [1.54, 1.807) is 11.8 Å². The van der Waals surface area contributed by atoms with Gasteiger partial charge >= 0.3 is 6.09 Å². The van der Waals surface area contributed by atoms with Crippen LogP contribution >= 0.6 is 11.6 Å². The van der Waals surface area contributed by atoms with E-state index in [0.29, 0.717) is 20.6 Å². The molecule has 0 fully saturated rings. The van der Waals surface area contributed by atoms with Crippen LogP contribution < -0.4 is 9.64 Å². The van der Waals surface area contributed by atoms with Gasteiger partial charge in [0.1, 0.15) is 16.9 Å². The predicted octanol–water partition coefficient (Wildman–Crippen LogP) is 5.77. The summed E-state index contributed by atoms with van der Waals surface area (Å²) in [5, 5.41) is 2.12. The van der Waals surface area contributed by atoms with Crippen LogP contribution in [0.4, 0.5) is 10.5 Å². The summed E-state index contributed by atoms with van der Waals surface area (Å²) in [7, 11) is 0.428. The highest BCUT2D eigenvalue weighted by Crippen LogP contribution is 2.45. The number of alkyl halides is 1. The maximum atomic E-state index is 13.0. The minimum atomic E-state index is -0.576. The largest absolute Gasteiger partial charge is 0.493 e. The number of hydrogen-bond donors (Lipinski definition) is 0. The summed E-state index contributed by atoms with van der Waals surface area (Å²) in [5.74, 6) is 0.793. The standard InChI is InChI=1S/C23H31BClNO4/c1-6-7-12-28-20-13-19-21(17-11-9-8-10-16(17)20)18(24-30-15(2)25)14-26(19)22(27)29-23(3,4)5/h8-11,13,15,18,24H,6-7,12,14H2,1-5H3/t15-,18+/m0/s1. The van der Waals surface area contributed by atoms with Crippen molar-refractivity contribution in [3.63, 3.8) is 0 Å². The first kappa shape index (κ1) is 22.8. The van der Waals surface area contributed by atoms with Crippen LogP contribution in [0.3, 0.4) is 0 Å². The Bertz CT molecular complexity index is 897. The maximum Gasteiger partial charge on any atom is 0.414 e. The van der Waals surface area contributed by atoms with Crippen molar-refractivity contribution in [1.29, 1.82) is 0 Å². The Hall–Kier alpha value is -1.92. The molecular formula is C23H31BClNO4. The number of rotatable bonds is 7. The van der Waals surface area contributed by atoms with Crippen molar-refractivity contribution < 1.29 is 18.9 Å². The molecule has 0 radical (unpaired) electrons. The molecule has 2 aromatic rings. The van der Waals surface area contributed by atoms with Gasteiger partial charge in [-0.15, -0.1) is 0 Å². The van der Waals surface area contributed by atoms with Crippen molar-refractivity contribution in [1.82, 2.24) is 0 Å². The summed E-state index contributed by atoms with van der Waals surface area (Å²) in [6.45, 7) is 10.7. The van der Waals surface area contributed by atoms with Gasteiger partial charge < -0.3 is 14.1 Å². The maximum absolute atomic E-state index is 13.0. The minimum absolute atomic E-state index is 0.00306. The van der Waals surface area contributed by atoms with Gasteiger partial charge in [0.05, 0.1) is 12.3 Å². The number of anilines is 1. The second-order valence-corrected chi connectivity index (χ2v) is 9.33. The number of carbonyl (C=O) groups is 1. The van der Waals surface area contributed by atoms with Gasteiger partial charge in [0.2, 0.25) is 0 Å². The Morgan fingerprint density at radius 2 is 2.00 bits per heavy atom. The molecule has 0 saturated heterocycles. The monoisotopic (exact) mass is 431 g/mol. The Kier molecular flexibility index (Phi) is 7.20. The molecule has 7 heteroatoms. The molecule has 1 heterocycles. The minimum Gasteiger partial charge on any atom is -0.493 e. The van der Waals surface area contributed by atoms with Gasteiger partial charge in [-0.05, 0) is 45.1 Å². The molecule has 0 aromatic heterocycles. The number of ether oxygens (including phenoxy) is 2. The van der Waals surface area contributed by atoms with Crippen LogP contribution in [-0.4, -0.2) is 37.9 Å². The molecule has 0 saturated carbocycles. The fourth-order valence-electron chi connectivity index (χ4n) is 3.73. The molecule has 5 nitrogen and oxygen atoms in total. The van der Waals surface area contributed by atoms with Gasteiger partial charge in [-0.2, -0.15) is 0 Å². The van der Waals surface area contributed by atoms with Gasteiger partial charge in [0.15, 0.2) is 0 Å². The topological polar surface area (TPSA) is 48.0 Å². The van der Waals surface area contributed by atoms with E-state index in [4.69, 9.17) is 25.7 Å². The molecule has 3 rings (SSSR count). The first-order valence-corrected chi connectivity index (χ1v) is 11.1. The van der Waals surface area contributed by atoms with E-state index in [1.165, 1.54) is 0 Å². The third-order valence-electron chi connectivity index (χ3n) is 5.02. The van der Waals surface area contributed by atoms with Crippen LogP contribution in [0.15, 0.2) is 30.3 Å². The van der Waals surface area contributed by atoms with Crippen LogP contribution in [0.1, 0.15) is 58.8 Å². The van der Waals surface area contributed by atoms with Crippen molar-refractivity contribution in [3.05, 3.63) is 35.9 Å². The van der Waals surface area contributed by atoms with Crippen molar-refractivity contribution >= 4 is 41.6 Å². The van der Waals surface area contributed by atoms with E-state index in [1.807, 2.05) is 39.0 Å². The summed E-state index contributed by atoms with van der Waals surface area (Å²) in [6, 6.07) is 10.1. The first-order valence-electron chi connectivity index (χ1n) is 10.7. The highest BCUT2D eigenvalue weighted by atomic mass is 35.5. The Morgan fingerprint density at radius 3 is 2.63 bits per heavy atom. The van der Waals surface area contributed by atoms with Crippen LogP contribution in [0.25, 0.3) is 10.8 Å². The van der Waals surface area contributed by atoms with Crippen molar-refractivity contribution in [2.24, 2.45) is 0 Å². The lowest BCUT2D eigenvalue weighted by molar-refractivity contribution is 0.0583. The van der Waals surface area contributed by atoms with Gasteiger partial charge in [-0.25, -0.2) is 4.79 Å². The van der Waals surface area contributed by atoms with E-state index < -0.39 is 11.2 Å². The number of nitrogens with zero attached hydrogens (tertiary/aromatic N) is 1. The Labute approximate surface area is 184 Å². The van der Waals surface area contributed by atoms with E-state index in [0.717, 1.165) is 40.6 Å². The molecule has 30 heavy (non-hydrogen) atoms. The molecular weight excluding hydrogens is 401 g/mol. The van der Waals surface area contributed by atoms with Crippen LogP contribution in [0.2, 0.25) is 0 Å². The average Bonchev–Trinajstić information content (AvgIpc) is 3.04. The normalized spacial score (nSPS) is 17.0. The van der Waals surface area contributed by atoms with Gasteiger partial charge in [0.25, 0.3) is 7.48 Å². The first-order chi connectivity index (χ1) is 14.2. The van der Waals surface area contributed by atoms with Crippen LogP contribution in [0, 0.1) is 0 Å². The average molecular weight is 432 g/mol. The SMILES string of the molecule is CCCCOc1cc2c(c3ccccc13)[C@H](BO[C@@H](C)Cl)CN2C(=O)OC(C)(C)C. The molecule has 0 N–H and O–H groups in total. The zero-order valence-electron chi connectivity index (χ0n) is 18.5. The molecule has 0 spiro atoms. The number of hydrogen-bond acceptors (Lipinski definition) is 4. The van der Waals surface area contributed by atoms with Crippen molar-refractivity contribution in [2.75, 3.05) is 18.1 Å². The summed E-state index contributed by atoms with van der Waals surface area (Å²) in [5.41, 5.74) is 0.933. The van der Waals surface area contributed by atoms with Crippen molar-refractivity contribution in [2.45, 2.75) is 64.4 Å². The van der Waals surface area contributed by atoms with E-state index >= 15 is 0 Å².